The largest absolute Gasteiger partial charge is 0.465 e. The molecule has 0 aromatic heterocycles. The van der Waals surface area contributed by atoms with Gasteiger partial charge in [0.05, 0.1) is 12.5 Å². The predicted octanol–water partition coefficient (Wildman–Crippen LogP) is 5.29. The van der Waals surface area contributed by atoms with E-state index in [1.165, 1.54) is 11.1 Å². The van der Waals surface area contributed by atoms with Crippen molar-refractivity contribution in [1.29, 1.82) is 0 Å². The van der Waals surface area contributed by atoms with Crippen LogP contribution in [-0.2, 0) is 9.53 Å². The number of fused-ring (bicyclic) bond motifs is 1. The highest BCUT2D eigenvalue weighted by Crippen LogP contribution is 2.44. The van der Waals surface area contributed by atoms with E-state index in [-0.39, 0.29) is 22.7 Å². The summed E-state index contributed by atoms with van der Waals surface area (Å²) in [6.45, 7) is 14.3. The van der Waals surface area contributed by atoms with Gasteiger partial charge in [0.1, 0.15) is 0 Å². The summed E-state index contributed by atoms with van der Waals surface area (Å²) in [6, 6.07) is 0. The normalized spacial score (nSPS) is 26.5. The lowest BCUT2D eigenvalue weighted by Gasteiger charge is -2.33. The Hall–Kier alpha value is -1.05. The number of carbonyl (C=O) groups is 1. The van der Waals surface area contributed by atoms with Gasteiger partial charge in [-0.2, -0.15) is 0 Å². The monoisotopic (exact) mass is 304 g/mol. The molecule has 0 spiro atoms. The fraction of sp³-hybridized carbons (Fsp3) is 0.750. The maximum absolute atomic E-state index is 11.8. The van der Waals surface area contributed by atoms with E-state index in [9.17, 15) is 4.79 Å². The van der Waals surface area contributed by atoms with Crippen LogP contribution in [0.1, 0.15) is 67.2 Å². The standard InChI is InChI=1S/C20H32O2/c1-14(19(2,3)4)8-7-11-20(5,6)16-10-9-15-13-22-18(21)17(15)12-16/h8,10,15,17H,7,9,11-13H2,1-6H3/b14-8+. The fourth-order valence-corrected chi connectivity index (χ4v) is 3.37. The van der Waals surface area contributed by atoms with Gasteiger partial charge >= 0.3 is 5.97 Å². The molecule has 2 atom stereocenters. The molecule has 0 amide bonds. The third kappa shape index (κ3) is 3.83. The molecule has 0 bridgehead atoms. The topological polar surface area (TPSA) is 26.3 Å². The number of esters is 1. The van der Waals surface area contributed by atoms with E-state index in [1.54, 1.807) is 0 Å². The Balaban J connectivity index is 1.97. The maximum Gasteiger partial charge on any atom is 0.309 e. The van der Waals surface area contributed by atoms with Crippen molar-refractivity contribution in [3.05, 3.63) is 23.3 Å². The molecular formula is C20H32O2. The van der Waals surface area contributed by atoms with Crippen LogP contribution in [0, 0.1) is 22.7 Å². The molecule has 0 saturated carbocycles. The van der Waals surface area contributed by atoms with Crippen molar-refractivity contribution in [2.24, 2.45) is 22.7 Å². The van der Waals surface area contributed by atoms with Gasteiger partial charge in [-0.1, -0.05) is 57.9 Å². The van der Waals surface area contributed by atoms with E-state index >= 15 is 0 Å². The fourth-order valence-electron chi connectivity index (χ4n) is 3.37. The zero-order valence-electron chi connectivity index (χ0n) is 15.2. The van der Waals surface area contributed by atoms with Crippen molar-refractivity contribution in [2.45, 2.75) is 67.2 Å². The number of hydrogen-bond acceptors (Lipinski definition) is 2. The highest BCUT2D eigenvalue weighted by atomic mass is 16.5. The molecule has 1 aliphatic carbocycles. The van der Waals surface area contributed by atoms with E-state index in [0.29, 0.717) is 12.5 Å². The molecule has 1 fully saturated rings. The molecule has 2 rings (SSSR count). The molecule has 2 nitrogen and oxygen atoms in total. The van der Waals surface area contributed by atoms with Gasteiger partial charge in [0.15, 0.2) is 0 Å². The van der Waals surface area contributed by atoms with E-state index in [2.05, 4.69) is 53.7 Å². The first-order chi connectivity index (χ1) is 10.1. The summed E-state index contributed by atoms with van der Waals surface area (Å²) in [5.41, 5.74) is 3.34. The first-order valence-electron chi connectivity index (χ1n) is 8.64. The number of hydrogen-bond donors (Lipinski definition) is 0. The molecule has 1 heterocycles. The lowest BCUT2D eigenvalue weighted by Crippen LogP contribution is -2.26. The Morgan fingerprint density at radius 3 is 2.64 bits per heavy atom. The van der Waals surface area contributed by atoms with Crippen LogP contribution in [0.2, 0.25) is 0 Å². The van der Waals surface area contributed by atoms with Crippen LogP contribution in [0.5, 0.6) is 0 Å². The Morgan fingerprint density at radius 1 is 1.32 bits per heavy atom. The van der Waals surface area contributed by atoms with Crippen LogP contribution in [-0.4, -0.2) is 12.6 Å². The van der Waals surface area contributed by atoms with Crippen molar-refractivity contribution < 1.29 is 9.53 Å². The minimum Gasteiger partial charge on any atom is -0.465 e. The molecule has 0 radical (unpaired) electrons. The van der Waals surface area contributed by atoms with E-state index < -0.39 is 0 Å². The SMILES string of the molecule is C/C(=C\CCC(C)(C)C1=CCC2COC(=O)C2C1)C(C)(C)C. The molecule has 1 aliphatic heterocycles. The van der Waals surface area contributed by atoms with Crippen molar-refractivity contribution >= 4 is 5.97 Å². The summed E-state index contributed by atoms with van der Waals surface area (Å²) >= 11 is 0. The summed E-state index contributed by atoms with van der Waals surface area (Å²) in [5.74, 6) is 0.566. The van der Waals surface area contributed by atoms with Crippen LogP contribution < -0.4 is 0 Å². The Labute approximate surface area is 136 Å². The molecule has 0 aromatic rings. The van der Waals surface area contributed by atoms with Gasteiger partial charge in [-0.25, -0.2) is 0 Å². The van der Waals surface area contributed by atoms with Gasteiger partial charge in [-0.05, 0) is 43.4 Å². The van der Waals surface area contributed by atoms with Gasteiger partial charge in [-0.15, -0.1) is 0 Å². The van der Waals surface area contributed by atoms with E-state index in [4.69, 9.17) is 4.74 Å². The van der Waals surface area contributed by atoms with Crippen molar-refractivity contribution in [2.75, 3.05) is 6.61 Å². The van der Waals surface area contributed by atoms with Gasteiger partial charge < -0.3 is 4.74 Å². The van der Waals surface area contributed by atoms with Gasteiger partial charge in [0, 0.05) is 5.92 Å². The molecular weight excluding hydrogens is 272 g/mol. The molecule has 124 valence electrons. The van der Waals surface area contributed by atoms with Crippen LogP contribution in [0.25, 0.3) is 0 Å². The van der Waals surface area contributed by atoms with Gasteiger partial charge in [0.2, 0.25) is 0 Å². The number of cyclic esters (lactones) is 1. The van der Waals surface area contributed by atoms with Crippen LogP contribution in [0.4, 0.5) is 0 Å². The molecule has 0 aromatic carbocycles. The second kappa shape index (κ2) is 6.22. The summed E-state index contributed by atoms with van der Waals surface area (Å²) < 4.78 is 5.23. The molecule has 1 saturated heterocycles. The Morgan fingerprint density at radius 2 is 2.00 bits per heavy atom. The first kappa shape index (κ1) is 17.3. The van der Waals surface area contributed by atoms with Crippen molar-refractivity contribution in [3.63, 3.8) is 0 Å². The second-order valence-corrected chi connectivity index (χ2v) is 8.73. The maximum atomic E-state index is 11.8. The number of rotatable bonds is 4. The van der Waals surface area contributed by atoms with E-state index in [0.717, 1.165) is 25.7 Å². The zero-order chi connectivity index (χ0) is 16.5. The second-order valence-electron chi connectivity index (χ2n) is 8.73. The smallest absolute Gasteiger partial charge is 0.309 e. The van der Waals surface area contributed by atoms with Crippen molar-refractivity contribution in [1.82, 2.24) is 0 Å². The molecule has 0 N–H and O–H groups in total. The summed E-state index contributed by atoms with van der Waals surface area (Å²) in [5, 5.41) is 0. The van der Waals surface area contributed by atoms with Gasteiger partial charge in [-0.3, -0.25) is 4.79 Å². The Bertz CT molecular complexity index is 488. The third-order valence-corrected chi connectivity index (χ3v) is 5.69. The first-order valence-corrected chi connectivity index (χ1v) is 8.64. The summed E-state index contributed by atoms with van der Waals surface area (Å²) in [6.07, 6.45) is 8.91. The molecule has 2 aliphatic rings. The summed E-state index contributed by atoms with van der Waals surface area (Å²) in [4.78, 5) is 11.8. The van der Waals surface area contributed by atoms with E-state index in [1.807, 2.05) is 0 Å². The van der Waals surface area contributed by atoms with Gasteiger partial charge in [0.25, 0.3) is 0 Å². The third-order valence-electron chi connectivity index (χ3n) is 5.69. The average molecular weight is 304 g/mol. The average Bonchev–Trinajstić information content (AvgIpc) is 2.78. The predicted molar refractivity (Wildman–Crippen MR) is 91.5 cm³/mol. The minimum absolute atomic E-state index is 0.0230. The minimum atomic E-state index is 0.0230. The van der Waals surface area contributed by atoms with Crippen molar-refractivity contribution in [3.8, 4) is 0 Å². The highest BCUT2D eigenvalue weighted by molar-refractivity contribution is 5.75. The number of ether oxygens (including phenoxy) is 1. The summed E-state index contributed by atoms with van der Waals surface area (Å²) in [7, 11) is 0. The lowest BCUT2D eigenvalue weighted by molar-refractivity contribution is -0.141. The number of allylic oxidation sites excluding steroid dienone is 4. The molecule has 22 heavy (non-hydrogen) atoms. The molecule has 2 heteroatoms. The highest BCUT2D eigenvalue weighted by Gasteiger charge is 2.41. The number of carbonyl (C=O) groups excluding carboxylic acids is 1. The van der Waals surface area contributed by atoms with Crippen LogP contribution in [0.3, 0.4) is 0 Å². The quantitative estimate of drug-likeness (QED) is 0.521. The van der Waals surface area contributed by atoms with Crippen LogP contribution >= 0.6 is 0 Å². The lowest BCUT2D eigenvalue weighted by atomic mass is 9.70. The Kier molecular flexibility index (Phi) is 4.89. The van der Waals surface area contributed by atoms with Crippen LogP contribution in [0.15, 0.2) is 23.3 Å². The molecule has 2 unspecified atom stereocenters. The zero-order valence-corrected chi connectivity index (χ0v) is 15.2.